The molecule has 1 heterocycles. The molecular weight excluding hydrogens is 344 g/mol. The van der Waals surface area contributed by atoms with Crippen LogP contribution in [0.3, 0.4) is 0 Å². The normalized spacial score (nSPS) is 40.6. The van der Waals surface area contributed by atoms with Crippen molar-refractivity contribution in [2.24, 2.45) is 17.3 Å². The third-order valence-electron chi connectivity index (χ3n) is 9.60. The molecule has 0 aromatic heterocycles. The maximum atomic E-state index is 11.7. The smallest absolute Gasteiger partial charge is 0.217 e. The van der Waals surface area contributed by atoms with Gasteiger partial charge in [-0.2, -0.15) is 0 Å². The molecule has 1 N–H and O–H groups in total. The third-order valence-corrected chi connectivity index (χ3v) is 9.60. The van der Waals surface area contributed by atoms with Gasteiger partial charge in [0.25, 0.3) is 0 Å². The van der Waals surface area contributed by atoms with Crippen LogP contribution in [-0.2, 0) is 10.2 Å². The first-order valence-corrected chi connectivity index (χ1v) is 11.7. The predicted molar refractivity (Wildman–Crippen MR) is 111 cm³/mol. The maximum Gasteiger partial charge on any atom is 0.217 e. The molecule has 0 bridgehead atoms. The van der Waals surface area contributed by atoms with Crippen molar-refractivity contribution >= 4 is 5.91 Å². The highest BCUT2D eigenvalue weighted by molar-refractivity contribution is 5.73. The van der Waals surface area contributed by atoms with Crippen molar-refractivity contribution in [3.05, 3.63) is 35.4 Å². The van der Waals surface area contributed by atoms with E-state index in [1.807, 2.05) is 0 Å². The Morgan fingerprint density at radius 3 is 2.57 bits per heavy atom. The van der Waals surface area contributed by atoms with E-state index in [-0.39, 0.29) is 11.9 Å². The molecule has 1 saturated heterocycles. The number of benzene rings is 1. The summed E-state index contributed by atoms with van der Waals surface area (Å²) in [5.74, 6) is 2.26. The zero-order valence-corrected chi connectivity index (χ0v) is 17.3. The predicted octanol–water partition coefficient (Wildman–Crippen LogP) is 4.57. The highest BCUT2D eigenvalue weighted by Gasteiger charge is 2.66. The molecule has 4 fully saturated rings. The van der Waals surface area contributed by atoms with Crippen LogP contribution < -0.4 is 5.32 Å². The van der Waals surface area contributed by atoms with E-state index in [9.17, 15) is 4.79 Å². The lowest BCUT2D eigenvalue weighted by molar-refractivity contribution is -0.119. The van der Waals surface area contributed by atoms with Crippen LogP contribution in [-0.4, -0.2) is 29.9 Å². The summed E-state index contributed by atoms with van der Waals surface area (Å²) < 4.78 is 0. The van der Waals surface area contributed by atoms with Crippen LogP contribution in [0, 0.1) is 17.3 Å². The van der Waals surface area contributed by atoms with Crippen LogP contribution in [0.15, 0.2) is 24.3 Å². The molecule has 3 heteroatoms. The topological polar surface area (TPSA) is 32.3 Å². The minimum Gasteiger partial charge on any atom is -0.350 e. The monoisotopic (exact) mass is 378 g/mol. The number of amides is 1. The number of rotatable bonds is 2. The van der Waals surface area contributed by atoms with Gasteiger partial charge in [0.2, 0.25) is 5.91 Å². The second-order valence-corrected chi connectivity index (χ2v) is 10.7. The van der Waals surface area contributed by atoms with Gasteiger partial charge >= 0.3 is 0 Å². The summed E-state index contributed by atoms with van der Waals surface area (Å²) in [6, 6.07) is 10.0. The zero-order chi connectivity index (χ0) is 18.9. The van der Waals surface area contributed by atoms with E-state index < -0.39 is 0 Å². The standard InChI is InChI=1S/C25H34N2O/c1-17(28)26-23-8-9-24(22-5-3-2-4-21(22)23)10-12-27(13-11-24)20-14-18-6-7-19-15-25(18,19)16-20/h2-5,18-20,23H,6-16H2,1H3,(H,26,28)/t18-,19?,20+,23-,25?/m0/s1. The van der Waals surface area contributed by atoms with E-state index in [0.717, 1.165) is 29.7 Å². The molecule has 0 radical (unpaired) electrons. The maximum absolute atomic E-state index is 11.7. The fraction of sp³-hybridized carbons (Fsp3) is 0.720. The lowest BCUT2D eigenvalue weighted by Crippen LogP contribution is -2.48. The van der Waals surface area contributed by atoms with E-state index in [1.54, 1.807) is 13.3 Å². The summed E-state index contributed by atoms with van der Waals surface area (Å²) >= 11 is 0. The molecule has 1 amide bonds. The van der Waals surface area contributed by atoms with Crippen molar-refractivity contribution in [3.8, 4) is 0 Å². The Balaban J connectivity index is 1.18. The first-order valence-electron chi connectivity index (χ1n) is 11.7. The average molecular weight is 379 g/mol. The summed E-state index contributed by atoms with van der Waals surface area (Å²) in [6.45, 7) is 4.20. The van der Waals surface area contributed by atoms with Crippen LogP contribution in [0.4, 0.5) is 0 Å². The molecule has 2 spiro atoms. The Bertz CT molecular complexity index is 795. The fourth-order valence-corrected chi connectivity index (χ4v) is 8.10. The van der Waals surface area contributed by atoms with E-state index in [1.165, 1.54) is 69.2 Å². The molecule has 3 saturated carbocycles. The highest BCUT2D eigenvalue weighted by atomic mass is 16.1. The van der Waals surface area contributed by atoms with E-state index in [2.05, 4.69) is 34.5 Å². The van der Waals surface area contributed by atoms with Crippen molar-refractivity contribution in [1.29, 1.82) is 0 Å². The van der Waals surface area contributed by atoms with Crippen molar-refractivity contribution < 1.29 is 4.79 Å². The second-order valence-electron chi connectivity index (χ2n) is 10.7. The Morgan fingerprint density at radius 2 is 1.82 bits per heavy atom. The molecule has 5 atom stereocenters. The van der Waals surface area contributed by atoms with Crippen molar-refractivity contribution in [1.82, 2.24) is 10.2 Å². The van der Waals surface area contributed by atoms with E-state index in [4.69, 9.17) is 0 Å². The summed E-state index contributed by atoms with van der Waals surface area (Å²) in [5, 5.41) is 3.20. The van der Waals surface area contributed by atoms with Crippen molar-refractivity contribution in [3.63, 3.8) is 0 Å². The molecule has 2 unspecified atom stereocenters. The molecular formula is C25H34N2O. The number of likely N-dealkylation sites (tertiary alicyclic amines) is 1. The molecule has 28 heavy (non-hydrogen) atoms. The fourth-order valence-electron chi connectivity index (χ4n) is 8.10. The molecule has 1 aliphatic heterocycles. The lowest BCUT2D eigenvalue weighted by atomic mass is 9.63. The average Bonchev–Trinajstić information content (AvgIpc) is 3.10. The van der Waals surface area contributed by atoms with Crippen molar-refractivity contribution in [2.45, 2.75) is 82.2 Å². The molecule has 6 rings (SSSR count). The van der Waals surface area contributed by atoms with Gasteiger partial charge in [0, 0.05) is 13.0 Å². The lowest BCUT2D eigenvalue weighted by Gasteiger charge is -2.48. The minimum absolute atomic E-state index is 0.0927. The van der Waals surface area contributed by atoms with Crippen LogP contribution >= 0.6 is 0 Å². The van der Waals surface area contributed by atoms with Gasteiger partial charge in [-0.05, 0) is 105 Å². The quantitative estimate of drug-likeness (QED) is 0.818. The number of nitrogens with zero attached hydrogens (tertiary/aromatic N) is 1. The van der Waals surface area contributed by atoms with Crippen LogP contribution in [0.25, 0.3) is 0 Å². The van der Waals surface area contributed by atoms with Gasteiger partial charge < -0.3 is 10.2 Å². The van der Waals surface area contributed by atoms with Gasteiger partial charge in [-0.3, -0.25) is 4.79 Å². The number of piperidine rings is 1. The number of hydrogen-bond acceptors (Lipinski definition) is 2. The van der Waals surface area contributed by atoms with E-state index in [0.29, 0.717) is 5.41 Å². The Labute approximate surface area is 169 Å². The van der Waals surface area contributed by atoms with Gasteiger partial charge in [-0.15, -0.1) is 0 Å². The number of hydrogen-bond donors (Lipinski definition) is 1. The molecule has 1 aromatic rings. The van der Waals surface area contributed by atoms with E-state index >= 15 is 0 Å². The van der Waals surface area contributed by atoms with Gasteiger partial charge in [-0.1, -0.05) is 24.3 Å². The molecule has 150 valence electrons. The minimum atomic E-state index is 0.0927. The number of fused-ring (bicyclic) bond motifs is 2. The largest absolute Gasteiger partial charge is 0.350 e. The summed E-state index contributed by atoms with van der Waals surface area (Å²) in [5.41, 5.74) is 4.07. The second kappa shape index (κ2) is 6.08. The highest BCUT2D eigenvalue weighted by Crippen LogP contribution is 2.73. The van der Waals surface area contributed by atoms with Crippen LogP contribution in [0.2, 0.25) is 0 Å². The number of carbonyl (C=O) groups excluding carboxylic acids is 1. The van der Waals surface area contributed by atoms with Gasteiger partial charge in [0.15, 0.2) is 0 Å². The summed E-state index contributed by atoms with van der Waals surface area (Å²) in [6.07, 6.45) is 12.5. The van der Waals surface area contributed by atoms with Crippen LogP contribution in [0.1, 0.15) is 81.9 Å². The third kappa shape index (κ3) is 2.47. The Hall–Kier alpha value is -1.35. The number of nitrogens with one attached hydrogen (secondary N) is 1. The molecule has 1 aromatic carbocycles. The van der Waals surface area contributed by atoms with Gasteiger partial charge in [0.05, 0.1) is 6.04 Å². The number of carbonyl (C=O) groups is 1. The van der Waals surface area contributed by atoms with Crippen molar-refractivity contribution in [2.75, 3.05) is 13.1 Å². The van der Waals surface area contributed by atoms with Gasteiger partial charge in [-0.25, -0.2) is 0 Å². The first kappa shape index (κ1) is 17.5. The zero-order valence-electron chi connectivity index (χ0n) is 17.3. The molecule has 4 aliphatic carbocycles. The molecule has 5 aliphatic rings. The van der Waals surface area contributed by atoms with Crippen LogP contribution in [0.5, 0.6) is 0 Å². The Kier molecular flexibility index (Phi) is 3.80. The summed E-state index contributed by atoms with van der Waals surface area (Å²) in [4.78, 5) is 14.5. The molecule has 3 nitrogen and oxygen atoms in total. The SMILES string of the molecule is CC(=O)N[C@H]1CCC2(CCN([C@@H]3C[C@@H]4CCC5CC54C3)CC2)c2ccccc21. The summed E-state index contributed by atoms with van der Waals surface area (Å²) in [7, 11) is 0. The first-order chi connectivity index (χ1) is 13.6. The Morgan fingerprint density at radius 1 is 1.04 bits per heavy atom. The van der Waals surface area contributed by atoms with Gasteiger partial charge in [0.1, 0.15) is 0 Å².